The highest BCUT2D eigenvalue weighted by Crippen LogP contribution is 2.25. The van der Waals surface area contributed by atoms with Crippen molar-refractivity contribution in [2.75, 3.05) is 33.2 Å². The Labute approximate surface area is 121 Å². The molecule has 1 unspecified atom stereocenters. The maximum absolute atomic E-state index is 13.4. The molecule has 0 spiro atoms. The van der Waals surface area contributed by atoms with E-state index in [9.17, 15) is 4.39 Å². The first-order valence-corrected chi connectivity index (χ1v) is 7.55. The lowest BCUT2D eigenvalue weighted by molar-refractivity contribution is 0.101. The van der Waals surface area contributed by atoms with Crippen LogP contribution in [-0.4, -0.2) is 49.1 Å². The van der Waals surface area contributed by atoms with E-state index in [0.29, 0.717) is 12.6 Å². The minimum atomic E-state index is -0.185. The van der Waals surface area contributed by atoms with E-state index >= 15 is 0 Å². The lowest BCUT2D eigenvalue weighted by Crippen LogP contribution is -2.45. The van der Waals surface area contributed by atoms with Crippen LogP contribution in [0.1, 0.15) is 31.4 Å². The van der Waals surface area contributed by atoms with Crippen molar-refractivity contribution in [2.45, 2.75) is 31.8 Å². The second-order valence-corrected chi connectivity index (χ2v) is 5.64. The molecule has 1 heterocycles. The molecule has 1 saturated heterocycles. The second kappa shape index (κ2) is 7.16. The van der Waals surface area contributed by atoms with Gasteiger partial charge in [-0.2, -0.15) is 0 Å². The summed E-state index contributed by atoms with van der Waals surface area (Å²) in [4.78, 5) is 4.81. The molecule has 1 aliphatic heterocycles. The molecule has 0 amide bonds. The Morgan fingerprint density at radius 3 is 2.65 bits per heavy atom. The van der Waals surface area contributed by atoms with E-state index in [2.05, 4.69) is 23.8 Å². The van der Waals surface area contributed by atoms with Gasteiger partial charge in [-0.3, -0.25) is 4.90 Å². The Bertz CT molecular complexity index is 416. The summed E-state index contributed by atoms with van der Waals surface area (Å²) in [7, 11) is 2.12. The summed E-state index contributed by atoms with van der Waals surface area (Å²) in [6.07, 6.45) is 2.33. The average Bonchev–Trinajstić information content (AvgIpc) is 2.48. The molecule has 1 aliphatic rings. The zero-order valence-electron chi connectivity index (χ0n) is 12.6. The molecule has 1 aromatic carbocycles. The molecule has 0 radical (unpaired) electrons. The van der Waals surface area contributed by atoms with E-state index in [4.69, 9.17) is 5.73 Å². The van der Waals surface area contributed by atoms with Gasteiger partial charge in [0.05, 0.1) is 0 Å². The fraction of sp³-hybridized carbons (Fsp3) is 0.625. The number of hydrogen-bond donors (Lipinski definition) is 1. The van der Waals surface area contributed by atoms with E-state index < -0.39 is 0 Å². The summed E-state index contributed by atoms with van der Waals surface area (Å²) in [5.41, 5.74) is 6.92. The lowest BCUT2D eigenvalue weighted by atomic mass is 9.98. The van der Waals surface area contributed by atoms with Crippen molar-refractivity contribution in [1.29, 1.82) is 0 Å². The van der Waals surface area contributed by atoms with Crippen LogP contribution in [0.25, 0.3) is 0 Å². The van der Waals surface area contributed by atoms with Crippen LogP contribution in [0.5, 0.6) is 0 Å². The van der Waals surface area contributed by atoms with Gasteiger partial charge < -0.3 is 10.6 Å². The topological polar surface area (TPSA) is 32.5 Å². The van der Waals surface area contributed by atoms with Crippen LogP contribution in [0.3, 0.4) is 0 Å². The molecule has 1 fully saturated rings. The standard InChI is InChI=1S/C16H26FN3/c1-3-20-9-7-15(8-10-20)19(2)16(12-18)13-5-4-6-14(17)11-13/h4-6,11,15-16H,3,7-10,12,18H2,1-2H3. The van der Waals surface area contributed by atoms with Crippen LogP contribution in [0.2, 0.25) is 0 Å². The lowest BCUT2D eigenvalue weighted by Gasteiger charge is -2.40. The van der Waals surface area contributed by atoms with Gasteiger partial charge in [-0.15, -0.1) is 0 Å². The Morgan fingerprint density at radius 2 is 2.10 bits per heavy atom. The first kappa shape index (κ1) is 15.4. The number of likely N-dealkylation sites (tertiary alicyclic amines) is 1. The predicted molar refractivity (Wildman–Crippen MR) is 81.1 cm³/mol. The van der Waals surface area contributed by atoms with E-state index in [-0.39, 0.29) is 11.9 Å². The highest BCUT2D eigenvalue weighted by Gasteiger charge is 2.26. The van der Waals surface area contributed by atoms with Gasteiger partial charge in [-0.05, 0) is 57.2 Å². The minimum absolute atomic E-state index is 0.101. The molecule has 2 rings (SSSR count). The van der Waals surface area contributed by atoms with Gasteiger partial charge in [0.2, 0.25) is 0 Å². The molecular weight excluding hydrogens is 253 g/mol. The van der Waals surface area contributed by atoms with Gasteiger partial charge in [0.1, 0.15) is 5.82 Å². The van der Waals surface area contributed by atoms with Crippen LogP contribution < -0.4 is 5.73 Å². The van der Waals surface area contributed by atoms with Crippen LogP contribution >= 0.6 is 0 Å². The number of benzene rings is 1. The van der Waals surface area contributed by atoms with Crippen molar-refractivity contribution in [3.8, 4) is 0 Å². The van der Waals surface area contributed by atoms with Crippen molar-refractivity contribution in [1.82, 2.24) is 9.80 Å². The maximum Gasteiger partial charge on any atom is 0.123 e. The molecule has 0 aromatic heterocycles. The third kappa shape index (κ3) is 3.57. The summed E-state index contributed by atoms with van der Waals surface area (Å²) >= 11 is 0. The van der Waals surface area contributed by atoms with Gasteiger partial charge in [0.25, 0.3) is 0 Å². The molecule has 0 saturated carbocycles. The predicted octanol–water partition coefficient (Wildman–Crippen LogP) is 2.24. The van der Waals surface area contributed by atoms with Crippen molar-refractivity contribution >= 4 is 0 Å². The van der Waals surface area contributed by atoms with Crippen molar-refractivity contribution in [2.24, 2.45) is 5.73 Å². The fourth-order valence-electron chi connectivity index (χ4n) is 3.15. The van der Waals surface area contributed by atoms with Crippen molar-refractivity contribution < 1.29 is 4.39 Å². The smallest absolute Gasteiger partial charge is 0.123 e. The molecule has 1 aromatic rings. The van der Waals surface area contributed by atoms with Crippen molar-refractivity contribution in [3.05, 3.63) is 35.6 Å². The Morgan fingerprint density at radius 1 is 1.40 bits per heavy atom. The van der Waals surface area contributed by atoms with Gasteiger partial charge in [-0.25, -0.2) is 4.39 Å². The van der Waals surface area contributed by atoms with Gasteiger partial charge in [0.15, 0.2) is 0 Å². The molecule has 0 bridgehead atoms. The van der Waals surface area contributed by atoms with E-state index in [0.717, 1.165) is 38.0 Å². The van der Waals surface area contributed by atoms with Gasteiger partial charge >= 0.3 is 0 Å². The highest BCUT2D eigenvalue weighted by molar-refractivity contribution is 5.20. The SMILES string of the molecule is CCN1CCC(N(C)C(CN)c2cccc(F)c2)CC1. The third-order valence-electron chi connectivity index (χ3n) is 4.53. The first-order valence-electron chi connectivity index (χ1n) is 7.55. The monoisotopic (exact) mass is 279 g/mol. The molecule has 3 nitrogen and oxygen atoms in total. The van der Waals surface area contributed by atoms with E-state index in [1.165, 1.54) is 6.07 Å². The summed E-state index contributed by atoms with van der Waals surface area (Å²) in [6, 6.07) is 7.46. The first-order chi connectivity index (χ1) is 9.65. The van der Waals surface area contributed by atoms with Gasteiger partial charge in [0, 0.05) is 18.6 Å². The number of likely N-dealkylation sites (N-methyl/N-ethyl adjacent to an activating group) is 1. The number of rotatable bonds is 5. The quantitative estimate of drug-likeness (QED) is 0.897. The van der Waals surface area contributed by atoms with E-state index in [1.807, 2.05) is 6.07 Å². The average molecular weight is 279 g/mol. The van der Waals surface area contributed by atoms with E-state index in [1.54, 1.807) is 12.1 Å². The fourth-order valence-corrected chi connectivity index (χ4v) is 3.15. The molecule has 2 N–H and O–H groups in total. The summed E-state index contributed by atoms with van der Waals surface area (Å²) in [5, 5.41) is 0. The molecule has 112 valence electrons. The summed E-state index contributed by atoms with van der Waals surface area (Å²) in [6.45, 7) is 6.14. The number of piperidine rings is 1. The second-order valence-electron chi connectivity index (χ2n) is 5.64. The zero-order valence-corrected chi connectivity index (χ0v) is 12.6. The van der Waals surface area contributed by atoms with Crippen LogP contribution in [0.15, 0.2) is 24.3 Å². The minimum Gasteiger partial charge on any atom is -0.329 e. The number of hydrogen-bond acceptors (Lipinski definition) is 3. The highest BCUT2D eigenvalue weighted by atomic mass is 19.1. The Kier molecular flexibility index (Phi) is 5.52. The molecule has 20 heavy (non-hydrogen) atoms. The maximum atomic E-state index is 13.4. The zero-order chi connectivity index (χ0) is 14.5. The molecule has 4 heteroatoms. The van der Waals surface area contributed by atoms with Crippen molar-refractivity contribution in [3.63, 3.8) is 0 Å². The van der Waals surface area contributed by atoms with Crippen LogP contribution in [-0.2, 0) is 0 Å². The largest absolute Gasteiger partial charge is 0.329 e. The van der Waals surface area contributed by atoms with Gasteiger partial charge in [-0.1, -0.05) is 19.1 Å². The van der Waals surface area contributed by atoms with Crippen LogP contribution in [0.4, 0.5) is 4.39 Å². The summed E-state index contributed by atoms with van der Waals surface area (Å²) in [5.74, 6) is -0.185. The number of nitrogens with two attached hydrogens (primary N) is 1. The number of halogens is 1. The van der Waals surface area contributed by atoms with Crippen LogP contribution in [0, 0.1) is 5.82 Å². The molecule has 1 atom stereocenters. The normalized spacial score (nSPS) is 19.4. The molecular formula is C16H26FN3. The molecule has 0 aliphatic carbocycles. The Hall–Kier alpha value is -0.970. The number of nitrogens with zero attached hydrogens (tertiary/aromatic N) is 2. The third-order valence-corrected chi connectivity index (χ3v) is 4.53. The summed E-state index contributed by atoms with van der Waals surface area (Å²) < 4.78 is 13.4. The Balaban J connectivity index is 2.04.